The van der Waals surface area contributed by atoms with E-state index in [4.69, 9.17) is 10.2 Å². The summed E-state index contributed by atoms with van der Waals surface area (Å²) in [5.74, 6) is 0. The van der Waals surface area contributed by atoms with E-state index in [0.717, 1.165) is 13.1 Å². The lowest BCUT2D eigenvalue weighted by molar-refractivity contribution is 0.161. The zero-order chi connectivity index (χ0) is 10.0. The SMILES string of the molecule is CN(Cc1ccoc1)CC1(N)CCC1. The van der Waals surface area contributed by atoms with Crippen molar-refractivity contribution in [1.82, 2.24) is 4.90 Å². The maximum Gasteiger partial charge on any atom is 0.0947 e. The Labute approximate surface area is 84.9 Å². The molecule has 1 aromatic heterocycles. The summed E-state index contributed by atoms with van der Waals surface area (Å²) in [5, 5.41) is 0. The van der Waals surface area contributed by atoms with Crippen LogP contribution in [0.5, 0.6) is 0 Å². The molecule has 1 fully saturated rings. The van der Waals surface area contributed by atoms with Gasteiger partial charge in [0, 0.05) is 24.2 Å². The number of furan rings is 1. The fraction of sp³-hybridized carbons (Fsp3) is 0.636. The van der Waals surface area contributed by atoms with Gasteiger partial charge in [0.05, 0.1) is 12.5 Å². The summed E-state index contributed by atoms with van der Waals surface area (Å²) >= 11 is 0. The Morgan fingerprint density at radius 1 is 1.57 bits per heavy atom. The molecule has 0 bridgehead atoms. The van der Waals surface area contributed by atoms with Crippen molar-refractivity contribution in [3.05, 3.63) is 24.2 Å². The quantitative estimate of drug-likeness (QED) is 0.791. The molecule has 3 heteroatoms. The first-order chi connectivity index (χ1) is 6.68. The average molecular weight is 194 g/mol. The van der Waals surface area contributed by atoms with Gasteiger partial charge in [0.1, 0.15) is 0 Å². The third kappa shape index (κ3) is 2.16. The van der Waals surface area contributed by atoms with Crippen LogP contribution in [0.1, 0.15) is 24.8 Å². The highest BCUT2D eigenvalue weighted by Gasteiger charge is 2.33. The van der Waals surface area contributed by atoms with E-state index in [0.29, 0.717) is 0 Å². The summed E-state index contributed by atoms with van der Waals surface area (Å²) in [6.45, 7) is 1.91. The van der Waals surface area contributed by atoms with Crippen LogP contribution < -0.4 is 5.73 Å². The van der Waals surface area contributed by atoms with Crippen molar-refractivity contribution in [2.75, 3.05) is 13.6 Å². The Morgan fingerprint density at radius 2 is 2.36 bits per heavy atom. The molecule has 1 heterocycles. The fourth-order valence-corrected chi connectivity index (χ4v) is 2.08. The molecule has 0 amide bonds. The van der Waals surface area contributed by atoms with Crippen molar-refractivity contribution >= 4 is 0 Å². The van der Waals surface area contributed by atoms with Crippen LogP contribution >= 0.6 is 0 Å². The lowest BCUT2D eigenvalue weighted by atomic mass is 9.77. The average Bonchev–Trinajstić information content (AvgIpc) is 2.53. The van der Waals surface area contributed by atoms with Crippen molar-refractivity contribution in [2.24, 2.45) is 5.73 Å². The minimum absolute atomic E-state index is 0.0818. The van der Waals surface area contributed by atoms with Gasteiger partial charge in [-0.3, -0.25) is 0 Å². The van der Waals surface area contributed by atoms with Gasteiger partial charge in [-0.1, -0.05) is 0 Å². The molecule has 0 aliphatic heterocycles. The van der Waals surface area contributed by atoms with E-state index in [1.807, 2.05) is 6.07 Å². The highest BCUT2D eigenvalue weighted by atomic mass is 16.3. The largest absolute Gasteiger partial charge is 0.472 e. The van der Waals surface area contributed by atoms with Crippen LogP contribution in [-0.4, -0.2) is 24.0 Å². The summed E-state index contributed by atoms with van der Waals surface area (Å²) in [7, 11) is 2.11. The first kappa shape index (κ1) is 9.74. The van der Waals surface area contributed by atoms with Gasteiger partial charge in [-0.2, -0.15) is 0 Å². The monoisotopic (exact) mass is 194 g/mol. The molecular formula is C11H18N2O. The Kier molecular flexibility index (Phi) is 2.61. The molecule has 0 radical (unpaired) electrons. The summed E-state index contributed by atoms with van der Waals surface area (Å²) in [5.41, 5.74) is 7.47. The topological polar surface area (TPSA) is 42.4 Å². The van der Waals surface area contributed by atoms with Gasteiger partial charge in [-0.05, 0) is 32.4 Å². The standard InChI is InChI=1S/C11H18N2O/c1-13(7-10-3-6-14-8-10)9-11(12)4-2-5-11/h3,6,8H,2,4-5,7,9,12H2,1H3. The van der Waals surface area contributed by atoms with E-state index < -0.39 is 0 Å². The highest BCUT2D eigenvalue weighted by Crippen LogP contribution is 2.29. The molecule has 0 aromatic carbocycles. The Morgan fingerprint density at radius 3 is 2.86 bits per heavy atom. The van der Waals surface area contributed by atoms with Crippen LogP contribution in [0.3, 0.4) is 0 Å². The summed E-state index contributed by atoms with van der Waals surface area (Å²) in [6.07, 6.45) is 7.13. The van der Waals surface area contributed by atoms with Crippen LogP contribution in [0.4, 0.5) is 0 Å². The summed E-state index contributed by atoms with van der Waals surface area (Å²) in [4.78, 5) is 2.27. The molecule has 2 rings (SSSR count). The lowest BCUT2D eigenvalue weighted by Gasteiger charge is -2.40. The molecule has 0 atom stereocenters. The molecule has 1 saturated carbocycles. The predicted molar refractivity (Wildman–Crippen MR) is 55.8 cm³/mol. The number of hydrogen-bond acceptors (Lipinski definition) is 3. The Bertz CT molecular complexity index is 277. The molecule has 0 unspecified atom stereocenters. The molecule has 1 aliphatic carbocycles. The van der Waals surface area contributed by atoms with Crippen LogP contribution in [0.25, 0.3) is 0 Å². The van der Waals surface area contributed by atoms with Gasteiger partial charge >= 0.3 is 0 Å². The van der Waals surface area contributed by atoms with Crippen molar-refractivity contribution in [2.45, 2.75) is 31.3 Å². The second-order valence-electron chi connectivity index (χ2n) is 4.52. The molecule has 0 spiro atoms. The van der Waals surface area contributed by atoms with Crippen LogP contribution in [0, 0.1) is 0 Å². The third-order valence-corrected chi connectivity index (χ3v) is 2.97. The second-order valence-corrected chi connectivity index (χ2v) is 4.52. The van der Waals surface area contributed by atoms with Crippen molar-refractivity contribution in [1.29, 1.82) is 0 Å². The Hall–Kier alpha value is -0.800. The second kappa shape index (κ2) is 3.75. The highest BCUT2D eigenvalue weighted by molar-refractivity contribution is 5.05. The molecule has 3 nitrogen and oxygen atoms in total. The van der Waals surface area contributed by atoms with Crippen LogP contribution in [-0.2, 0) is 6.54 Å². The predicted octanol–water partition coefficient (Wildman–Crippen LogP) is 1.59. The minimum Gasteiger partial charge on any atom is -0.472 e. The van der Waals surface area contributed by atoms with Gasteiger partial charge in [0.25, 0.3) is 0 Å². The van der Waals surface area contributed by atoms with Gasteiger partial charge < -0.3 is 15.1 Å². The van der Waals surface area contributed by atoms with E-state index >= 15 is 0 Å². The summed E-state index contributed by atoms with van der Waals surface area (Å²) < 4.78 is 5.03. The van der Waals surface area contributed by atoms with Crippen molar-refractivity contribution < 1.29 is 4.42 Å². The van der Waals surface area contributed by atoms with E-state index in [9.17, 15) is 0 Å². The summed E-state index contributed by atoms with van der Waals surface area (Å²) in [6, 6.07) is 2.00. The van der Waals surface area contributed by atoms with Gasteiger partial charge in [-0.25, -0.2) is 0 Å². The van der Waals surface area contributed by atoms with Crippen molar-refractivity contribution in [3.8, 4) is 0 Å². The molecule has 1 aliphatic rings. The normalized spacial score (nSPS) is 19.6. The number of nitrogens with two attached hydrogens (primary N) is 1. The van der Waals surface area contributed by atoms with E-state index in [1.165, 1.54) is 24.8 Å². The Balaban J connectivity index is 1.81. The molecule has 14 heavy (non-hydrogen) atoms. The zero-order valence-corrected chi connectivity index (χ0v) is 8.70. The van der Waals surface area contributed by atoms with Crippen molar-refractivity contribution in [3.63, 3.8) is 0 Å². The van der Waals surface area contributed by atoms with E-state index in [-0.39, 0.29) is 5.54 Å². The molecule has 2 N–H and O–H groups in total. The molecular weight excluding hydrogens is 176 g/mol. The fourth-order valence-electron chi connectivity index (χ4n) is 2.08. The van der Waals surface area contributed by atoms with Gasteiger partial charge in [0.2, 0.25) is 0 Å². The van der Waals surface area contributed by atoms with Crippen LogP contribution in [0.2, 0.25) is 0 Å². The first-order valence-corrected chi connectivity index (χ1v) is 5.16. The lowest BCUT2D eigenvalue weighted by Crippen LogP contribution is -2.54. The number of nitrogens with zero attached hydrogens (tertiary/aromatic N) is 1. The zero-order valence-electron chi connectivity index (χ0n) is 8.70. The molecule has 0 saturated heterocycles. The maximum absolute atomic E-state index is 6.17. The van der Waals surface area contributed by atoms with Crippen LogP contribution in [0.15, 0.2) is 23.0 Å². The molecule has 78 valence electrons. The van der Waals surface area contributed by atoms with Gasteiger partial charge in [-0.15, -0.1) is 0 Å². The minimum atomic E-state index is 0.0818. The number of rotatable bonds is 4. The third-order valence-electron chi connectivity index (χ3n) is 2.97. The molecule has 1 aromatic rings. The van der Waals surface area contributed by atoms with Gasteiger partial charge in [0.15, 0.2) is 0 Å². The smallest absolute Gasteiger partial charge is 0.0947 e. The first-order valence-electron chi connectivity index (χ1n) is 5.16. The van der Waals surface area contributed by atoms with E-state index in [1.54, 1.807) is 12.5 Å². The van der Waals surface area contributed by atoms with E-state index in [2.05, 4.69) is 11.9 Å². The number of hydrogen-bond donors (Lipinski definition) is 1. The maximum atomic E-state index is 6.17. The number of likely N-dealkylation sites (N-methyl/N-ethyl adjacent to an activating group) is 1.